The van der Waals surface area contributed by atoms with E-state index in [1.165, 1.54) is 0 Å². The van der Waals surface area contributed by atoms with Gasteiger partial charge in [-0.05, 0) is 40.5 Å². The van der Waals surface area contributed by atoms with Crippen LogP contribution in [0.15, 0.2) is 0 Å². The molecule has 0 atom stereocenters. The summed E-state index contributed by atoms with van der Waals surface area (Å²) in [5.74, 6) is 0.117. The van der Waals surface area contributed by atoms with Crippen molar-refractivity contribution in [3.05, 3.63) is 0 Å². The molecule has 1 heterocycles. The minimum atomic E-state index is -3.24. The smallest absolute Gasteiger partial charge is 0.213 e. The molecule has 17 heavy (non-hydrogen) atoms. The summed E-state index contributed by atoms with van der Waals surface area (Å²) in [7, 11) is -3.24. The number of hydrogen-bond acceptors (Lipinski definition) is 3. The fraction of sp³-hybridized carbons (Fsp3) is 1.00. The maximum atomic E-state index is 11.7. The first-order chi connectivity index (χ1) is 7.55. The minimum Gasteiger partial charge on any atom is -0.307 e. The second-order valence-electron chi connectivity index (χ2n) is 6.12. The summed E-state index contributed by atoms with van der Waals surface area (Å²) >= 11 is 5.48. The first kappa shape index (κ1) is 15.2. The third-order valence-electron chi connectivity index (χ3n) is 2.88. The Morgan fingerprint density at radius 3 is 2.12 bits per heavy atom. The standard InChI is InChI=1S/C11H23ClN2O2S/c1-10(2)7-9(8-11(3,4)14-10)13-17(15,16)6-5-12/h9,13-14H,5-8H2,1-4H3. The van der Waals surface area contributed by atoms with Crippen LogP contribution in [-0.4, -0.2) is 37.2 Å². The SMILES string of the molecule is CC1(C)CC(NS(=O)(=O)CCCl)CC(C)(C)N1. The second kappa shape index (κ2) is 5.03. The first-order valence-electron chi connectivity index (χ1n) is 5.91. The van der Waals surface area contributed by atoms with Crippen LogP contribution in [0.2, 0.25) is 0 Å². The zero-order chi connectivity index (χ0) is 13.3. The quantitative estimate of drug-likeness (QED) is 0.768. The van der Waals surface area contributed by atoms with Crippen molar-refractivity contribution >= 4 is 21.6 Å². The lowest BCUT2D eigenvalue weighted by atomic mass is 9.80. The van der Waals surface area contributed by atoms with E-state index < -0.39 is 10.0 Å². The molecule has 1 saturated heterocycles. The van der Waals surface area contributed by atoms with Crippen LogP contribution in [0, 0.1) is 0 Å². The van der Waals surface area contributed by atoms with E-state index in [4.69, 9.17) is 11.6 Å². The summed E-state index contributed by atoms with van der Waals surface area (Å²) in [5.41, 5.74) is -0.119. The fourth-order valence-electron chi connectivity index (χ4n) is 2.82. The molecule has 0 aromatic heterocycles. The van der Waals surface area contributed by atoms with Gasteiger partial charge in [0.15, 0.2) is 0 Å². The topological polar surface area (TPSA) is 58.2 Å². The third-order valence-corrected chi connectivity index (χ3v) is 4.73. The molecule has 1 fully saturated rings. The Morgan fingerprint density at radius 1 is 1.24 bits per heavy atom. The van der Waals surface area contributed by atoms with Crippen molar-refractivity contribution in [2.75, 3.05) is 11.6 Å². The molecule has 2 N–H and O–H groups in total. The van der Waals surface area contributed by atoms with Crippen LogP contribution in [-0.2, 0) is 10.0 Å². The number of hydrogen-bond donors (Lipinski definition) is 2. The first-order valence-corrected chi connectivity index (χ1v) is 8.09. The molecule has 0 radical (unpaired) electrons. The van der Waals surface area contributed by atoms with Crippen LogP contribution in [0.1, 0.15) is 40.5 Å². The van der Waals surface area contributed by atoms with Gasteiger partial charge in [0.05, 0.1) is 5.75 Å². The third kappa shape index (κ3) is 5.12. The molecule has 6 heteroatoms. The number of nitrogens with one attached hydrogen (secondary N) is 2. The summed E-state index contributed by atoms with van der Waals surface area (Å²) < 4.78 is 26.2. The molecule has 0 saturated carbocycles. The molecule has 1 rings (SSSR count). The molecule has 0 spiro atoms. The van der Waals surface area contributed by atoms with E-state index in [-0.39, 0.29) is 28.8 Å². The maximum Gasteiger partial charge on any atom is 0.213 e. The fourth-order valence-corrected chi connectivity index (χ4v) is 4.42. The average Bonchev–Trinajstić information content (AvgIpc) is 1.94. The van der Waals surface area contributed by atoms with Gasteiger partial charge in [-0.25, -0.2) is 13.1 Å². The number of halogens is 1. The van der Waals surface area contributed by atoms with Crippen molar-refractivity contribution < 1.29 is 8.42 Å². The Hall–Kier alpha value is 0.160. The van der Waals surface area contributed by atoms with E-state index in [2.05, 4.69) is 37.7 Å². The highest BCUT2D eigenvalue weighted by atomic mass is 35.5. The monoisotopic (exact) mass is 282 g/mol. The van der Waals surface area contributed by atoms with Gasteiger partial charge in [-0.15, -0.1) is 11.6 Å². The van der Waals surface area contributed by atoms with Crippen molar-refractivity contribution in [3.8, 4) is 0 Å². The van der Waals surface area contributed by atoms with Crippen molar-refractivity contribution in [1.29, 1.82) is 0 Å². The largest absolute Gasteiger partial charge is 0.307 e. The number of rotatable bonds is 4. The molecule has 102 valence electrons. The van der Waals surface area contributed by atoms with E-state index >= 15 is 0 Å². The predicted octanol–water partition coefficient (Wildman–Crippen LogP) is 1.45. The van der Waals surface area contributed by atoms with Gasteiger partial charge in [-0.2, -0.15) is 0 Å². The Morgan fingerprint density at radius 2 is 1.71 bits per heavy atom. The molecule has 0 unspecified atom stereocenters. The Labute approximate surface area is 110 Å². The highest BCUT2D eigenvalue weighted by Gasteiger charge is 2.38. The molecule has 4 nitrogen and oxygen atoms in total. The second-order valence-corrected chi connectivity index (χ2v) is 8.38. The summed E-state index contributed by atoms with van der Waals surface area (Å²) in [4.78, 5) is 0. The maximum absolute atomic E-state index is 11.7. The molecule has 0 bridgehead atoms. The van der Waals surface area contributed by atoms with Gasteiger partial charge in [0.25, 0.3) is 0 Å². The summed E-state index contributed by atoms with van der Waals surface area (Å²) in [6.07, 6.45) is 1.58. The molecule has 0 aliphatic carbocycles. The van der Waals surface area contributed by atoms with Gasteiger partial charge in [0.1, 0.15) is 0 Å². The van der Waals surface area contributed by atoms with Gasteiger partial charge < -0.3 is 5.32 Å². The zero-order valence-electron chi connectivity index (χ0n) is 11.0. The predicted molar refractivity (Wildman–Crippen MR) is 72.0 cm³/mol. The van der Waals surface area contributed by atoms with E-state index in [0.29, 0.717) is 0 Å². The highest BCUT2D eigenvalue weighted by Crippen LogP contribution is 2.28. The Bertz CT molecular complexity index is 350. The van der Waals surface area contributed by atoms with E-state index in [1.54, 1.807) is 0 Å². The van der Waals surface area contributed by atoms with Gasteiger partial charge in [0.2, 0.25) is 10.0 Å². The van der Waals surface area contributed by atoms with E-state index in [9.17, 15) is 8.42 Å². The Kier molecular flexibility index (Phi) is 4.51. The lowest BCUT2D eigenvalue weighted by Crippen LogP contribution is -2.62. The van der Waals surface area contributed by atoms with E-state index in [1.807, 2.05) is 0 Å². The number of sulfonamides is 1. The molecular formula is C11H23ClN2O2S. The van der Waals surface area contributed by atoms with Crippen LogP contribution >= 0.6 is 11.6 Å². The van der Waals surface area contributed by atoms with Crippen LogP contribution in [0.4, 0.5) is 0 Å². The van der Waals surface area contributed by atoms with Crippen LogP contribution < -0.4 is 10.0 Å². The van der Waals surface area contributed by atoms with Crippen LogP contribution in [0.5, 0.6) is 0 Å². The number of piperidine rings is 1. The van der Waals surface area contributed by atoms with Crippen molar-refractivity contribution in [3.63, 3.8) is 0 Å². The average molecular weight is 283 g/mol. The van der Waals surface area contributed by atoms with Crippen LogP contribution in [0.25, 0.3) is 0 Å². The molecular weight excluding hydrogens is 260 g/mol. The van der Waals surface area contributed by atoms with Crippen molar-refractivity contribution in [2.45, 2.75) is 57.7 Å². The van der Waals surface area contributed by atoms with Gasteiger partial charge in [0, 0.05) is 23.0 Å². The molecule has 1 aliphatic rings. The zero-order valence-corrected chi connectivity index (χ0v) is 12.6. The lowest BCUT2D eigenvalue weighted by Gasteiger charge is -2.46. The highest BCUT2D eigenvalue weighted by molar-refractivity contribution is 7.89. The molecule has 0 aromatic carbocycles. The van der Waals surface area contributed by atoms with Gasteiger partial charge in [-0.1, -0.05) is 0 Å². The summed E-state index contributed by atoms with van der Waals surface area (Å²) in [6.45, 7) is 8.38. The molecule has 1 aliphatic heterocycles. The molecule has 0 amide bonds. The van der Waals surface area contributed by atoms with Crippen LogP contribution in [0.3, 0.4) is 0 Å². The lowest BCUT2D eigenvalue weighted by molar-refractivity contribution is 0.157. The summed E-state index contributed by atoms with van der Waals surface area (Å²) in [5, 5.41) is 3.52. The normalized spacial score (nSPS) is 24.8. The minimum absolute atomic E-state index is 0.0145. The van der Waals surface area contributed by atoms with Crippen molar-refractivity contribution in [2.24, 2.45) is 0 Å². The molecule has 0 aromatic rings. The van der Waals surface area contributed by atoms with E-state index in [0.717, 1.165) is 12.8 Å². The van der Waals surface area contributed by atoms with Crippen molar-refractivity contribution in [1.82, 2.24) is 10.0 Å². The summed E-state index contributed by atoms with van der Waals surface area (Å²) in [6, 6.07) is -0.0190. The Balaban J connectivity index is 2.72. The number of alkyl halides is 1. The van der Waals surface area contributed by atoms with Gasteiger partial charge in [-0.3, -0.25) is 0 Å². The van der Waals surface area contributed by atoms with Gasteiger partial charge >= 0.3 is 0 Å².